The third-order valence-electron chi connectivity index (χ3n) is 3.86. The number of amides is 1. The molecule has 1 aliphatic heterocycles. The van der Waals surface area contributed by atoms with Crippen molar-refractivity contribution in [2.24, 2.45) is 0 Å². The normalized spacial score (nSPS) is 20.1. The van der Waals surface area contributed by atoms with E-state index in [0.29, 0.717) is 16.7 Å². The number of hydrogen-bond acceptors (Lipinski definition) is 6. The average molecular weight is 295 g/mol. The second-order valence-corrected chi connectivity index (χ2v) is 6.38. The number of rotatable bonds is 4. The number of hydrogen-bond donors (Lipinski definition) is 2. The molecule has 7 heteroatoms. The van der Waals surface area contributed by atoms with Gasteiger partial charge in [-0.1, -0.05) is 18.3 Å². The van der Waals surface area contributed by atoms with Crippen LogP contribution in [0.1, 0.15) is 29.4 Å². The second kappa shape index (κ2) is 5.57. The zero-order chi connectivity index (χ0) is 14.1. The fourth-order valence-electron chi connectivity index (χ4n) is 2.36. The van der Waals surface area contributed by atoms with Gasteiger partial charge in [0.25, 0.3) is 5.91 Å². The number of likely N-dealkylation sites (N-methyl/N-ethyl adjacent to an activating group) is 1. The van der Waals surface area contributed by atoms with Gasteiger partial charge in [-0.05, 0) is 19.4 Å². The van der Waals surface area contributed by atoms with Gasteiger partial charge >= 0.3 is 0 Å². The highest BCUT2D eigenvalue weighted by Gasteiger charge is 2.27. The Labute approximate surface area is 123 Å². The molecule has 1 aliphatic carbocycles. The zero-order valence-electron chi connectivity index (χ0n) is 11.8. The molecule has 0 radical (unpaired) electrons. The highest BCUT2D eigenvalue weighted by atomic mass is 32.1. The lowest BCUT2D eigenvalue weighted by molar-refractivity contribution is 0.0649. The molecule has 0 atom stereocenters. The summed E-state index contributed by atoms with van der Waals surface area (Å²) in [6.07, 6.45) is 2.36. The lowest BCUT2D eigenvalue weighted by Crippen LogP contribution is -2.48. The van der Waals surface area contributed by atoms with Gasteiger partial charge in [-0.2, -0.15) is 0 Å². The maximum atomic E-state index is 12.5. The summed E-state index contributed by atoms with van der Waals surface area (Å²) in [6, 6.07) is 0.525. The summed E-state index contributed by atoms with van der Waals surface area (Å²) >= 11 is 1.38. The zero-order valence-corrected chi connectivity index (χ0v) is 12.6. The number of carbonyl (C=O) groups is 1. The molecule has 2 fully saturated rings. The van der Waals surface area contributed by atoms with E-state index in [9.17, 15) is 4.79 Å². The van der Waals surface area contributed by atoms with Crippen molar-refractivity contribution in [3.05, 3.63) is 4.88 Å². The molecule has 1 amide bonds. The molecule has 1 saturated carbocycles. The first kappa shape index (κ1) is 13.6. The Morgan fingerprint density at radius 2 is 2.10 bits per heavy atom. The predicted octanol–water partition coefficient (Wildman–Crippen LogP) is 1.08. The molecule has 0 spiro atoms. The predicted molar refractivity (Wildman–Crippen MR) is 81.2 cm³/mol. The van der Waals surface area contributed by atoms with Crippen LogP contribution in [-0.2, 0) is 0 Å². The smallest absolute Gasteiger partial charge is 0.267 e. The van der Waals surface area contributed by atoms with Gasteiger partial charge < -0.3 is 20.9 Å². The lowest BCUT2D eigenvalue weighted by atomic mass is 10.3. The van der Waals surface area contributed by atoms with Crippen molar-refractivity contribution in [1.29, 1.82) is 0 Å². The number of nitrogens with one attached hydrogen (secondary N) is 1. The molecule has 0 bridgehead atoms. The van der Waals surface area contributed by atoms with Crippen LogP contribution < -0.4 is 11.1 Å². The first-order chi connectivity index (χ1) is 9.67. The fourth-order valence-corrected chi connectivity index (χ4v) is 3.29. The summed E-state index contributed by atoms with van der Waals surface area (Å²) < 4.78 is 0. The van der Waals surface area contributed by atoms with E-state index < -0.39 is 0 Å². The Balaban J connectivity index is 1.65. The van der Waals surface area contributed by atoms with Gasteiger partial charge in [0.05, 0.1) is 0 Å². The van der Waals surface area contributed by atoms with Crippen molar-refractivity contribution >= 4 is 28.2 Å². The first-order valence-electron chi connectivity index (χ1n) is 7.22. The Kier molecular flexibility index (Phi) is 3.80. The van der Waals surface area contributed by atoms with E-state index in [1.54, 1.807) is 0 Å². The fraction of sp³-hybridized carbons (Fsp3) is 0.692. The van der Waals surface area contributed by atoms with Crippen LogP contribution in [0.5, 0.6) is 0 Å². The van der Waals surface area contributed by atoms with E-state index in [2.05, 4.69) is 22.1 Å². The summed E-state index contributed by atoms with van der Waals surface area (Å²) in [5.41, 5.74) is 5.90. The molecule has 6 nitrogen and oxygen atoms in total. The molecule has 0 unspecified atom stereocenters. The van der Waals surface area contributed by atoms with Crippen LogP contribution >= 0.6 is 11.3 Å². The molecule has 3 N–H and O–H groups in total. The molecule has 1 aromatic rings. The molecule has 3 rings (SSSR count). The minimum atomic E-state index is 0.0274. The second-order valence-electron chi connectivity index (χ2n) is 5.38. The standard InChI is InChI=1S/C13H21N5OS/c1-2-17-5-7-18(8-6-17)12(19)10-11(14)16-13(20-10)15-9-3-4-9/h9H,2-8,14H2,1H3,(H,15,16). The Morgan fingerprint density at radius 3 is 2.70 bits per heavy atom. The maximum Gasteiger partial charge on any atom is 0.267 e. The number of nitrogens with two attached hydrogens (primary N) is 1. The van der Waals surface area contributed by atoms with Crippen LogP contribution in [0, 0.1) is 0 Å². The molecule has 0 aromatic carbocycles. The van der Waals surface area contributed by atoms with Gasteiger partial charge in [-0.25, -0.2) is 4.98 Å². The number of nitrogens with zero attached hydrogens (tertiary/aromatic N) is 3. The third-order valence-corrected chi connectivity index (χ3v) is 4.85. The van der Waals surface area contributed by atoms with E-state index in [4.69, 9.17) is 5.73 Å². The SMILES string of the molecule is CCN1CCN(C(=O)c2sc(NC3CC3)nc2N)CC1. The summed E-state index contributed by atoms with van der Waals surface area (Å²) in [5, 5.41) is 4.08. The number of piperazine rings is 1. The van der Waals surface area contributed by atoms with Crippen molar-refractivity contribution in [1.82, 2.24) is 14.8 Å². The Morgan fingerprint density at radius 1 is 1.40 bits per heavy atom. The van der Waals surface area contributed by atoms with E-state index in [1.165, 1.54) is 24.2 Å². The number of nitrogen functional groups attached to an aromatic ring is 1. The average Bonchev–Trinajstić information content (AvgIpc) is 3.20. The van der Waals surface area contributed by atoms with Crippen molar-refractivity contribution in [2.45, 2.75) is 25.8 Å². The molecular formula is C13H21N5OS. The monoisotopic (exact) mass is 295 g/mol. The third kappa shape index (κ3) is 2.88. The minimum Gasteiger partial charge on any atom is -0.382 e. The number of carbonyl (C=O) groups excluding carboxylic acids is 1. The van der Waals surface area contributed by atoms with Crippen LogP contribution in [0.3, 0.4) is 0 Å². The Hall–Kier alpha value is -1.34. The van der Waals surface area contributed by atoms with Gasteiger partial charge in [-0.3, -0.25) is 4.79 Å². The van der Waals surface area contributed by atoms with E-state index in [1.807, 2.05) is 4.90 Å². The van der Waals surface area contributed by atoms with Gasteiger partial charge in [-0.15, -0.1) is 0 Å². The highest BCUT2D eigenvalue weighted by molar-refractivity contribution is 7.18. The van der Waals surface area contributed by atoms with Gasteiger partial charge in [0.1, 0.15) is 10.7 Å². The van der Waals surface area contributed by atoms with Crippen molar-refractivity contribution in [3.8, 4) is 0 Å². The largest absolute Gasteiger partial charge is 0.382 e. The van der Waals surface area contributed by atoms with Crippen LogP contribution in [0.4, 0.5) is 10.9 Å². The summed E-state index contributed by atoms with van der Waals surface area (Å²) in [4.78, 5) is 21.6. The summed E-state index contributed by atoms with van der Waals surface area (Å²) in [7, 11) is 0. The quantitative estimate of drug-likeness (QED) is 0.869. The van der Waals surface area contributed by atoms with Crippen LogP contribution in [0.25, 0.3) is 0 Å². The van der Waals surface area contributed by atoms with Crippen molar-refractivity contribution < 1.29 is 4.79 Å². The van der Waals surface area contributed by atoms with Crippen molar-refractivity contribution in [3.63, 3.8) is 0 Å². The van der Waals surface area contributed by atoms with Crippen LogP contribution in [0.2, 0.25) is 0 Å². The highest BCUT2D eigenvalue weighted by Crippen LogP contribution is 2.31. The number of anilines is 2. The number of aromatic nitrogens is 1. The lowest BCUT2D eigenvalue weighted by Gasteiger charge is -2.33. The topological polar surface area (TPSA) is 74.5 Å². The van der Waals surface area contributed by atoms with Gasteiger partial charge in [0.15, 0.2) is 5.13 Å². The summed E-state index contributed by atoms with van der Waals surface area (Å²) in [5.74, 6) is 0.390. The molecule has 20 heavy (non-hydrogen) atoms. The van der Waals surface area contributed by atoms with Gasteiger partial charge in [0, 0.05) is 32.2 Å². The van der Waals surface area contributed by atoms with E-state index in [0.717, 1.165) is 37.9 Å². The Bertz CT molecular complexity index is 491. The molecular weight excluding hydrogens is 274 g/mol. The van der Waals surface area contributed by atoms with E-state index in [-0.39, 0.29) is 5.91 Å². The van der Waals surface area contributed by atoms with Crippen molar-refractivity contribution in [2.75, 3.05) is 43.8 Å². The molecule has 1 saturated heterocycles. The molecule has 1 aromatic heterocycles. The van der Waals surface area contributed by atoms with Crippen LogP contribution in [-0.4, -0.2) is 59.5 Å². The van der Waals surface area contributed by atoms with Gasteiger partial charge in [0.2, 0.25) is 0 Å². The maximum absolute atomic E-state index is 12.5. The molecule has 2 heterocycles. The minimum absolute atomic E-state index is 0.0274. The molecule has 110 valence electrons. The van der Waals surface area contributed by atoms with E-state index >= 15 is 0 Å². The molecule has 2 aliphatic rings. The number of thiazole rings is 1. The first-order valence-corrected chi connectivity index (χ1v) is 8.03. The van der Waals surface area contributed by atoms with Crippen LogP contribution in [0.15, 0.2) is 0 Å². The summed E-state index contributed by atoms with van der Waals surface area (Å²) in [6.45, 7) is 6.61.